The van der Waals surface area contributed by atoms with E-state index in [1.807, 2.05) is 25.1 Å². The van der Waals surface area contributed by atoms with E-state index in [-0.39, 0.29) is 5.82 Å². The molecule has 2 aromatic carbocycles. The van der Waals surface area contributed by atoms with E-state index >= 15 is 0 Å². The van der Waals surface area contributed by atoms with E-state index in [4.69, 9.17) is 21.1 Å². The van der Waals surface area contributed by atoms with E-state index in [1.54, 1.807) is 13.2 Å². The summed E-state index contributed by atoms with van der Waals surface area (Å²) in [6.45, 7) is 2.96. The van der Waals surface area contributed by atoms with Gasteiger partial charge in [0, 0.05) is 23.3 Å². The van der Waals surface area contributed by atoms with Gasteiger partial charge in [0.25, 0.3) is 0 Å². The number of benzene rings is 2. The molecule has 0 radical (unpaired) electrons. The Morgan fingerprint density at radius 1 is 1.14 bits per heavy atom. The lowest BCUT2D eigenvalue weighted by Gasteiger charge is -2.12. The molecule has 0 spiro atoms. The molecule has 21 heavy (non-hydrogen) atoms. The van der Waals surface area contributed by atoms with Gasteiger partial charge in [-0.15, -0.1) is 0 Å². The van der Waals surface area contributed by atoms with Gasteiger partial charge >= 0.3 is 0 Å². The number of nitrogens with one attached hydrogen (secondary N) is 1. The third kappa shape index (κ3) is 4.26. The van der Waals surface area contributed by atoms with Crippen molar-refractivity contribution in [3.8, 4) is 11.5 Å². The summed E-state index contributed by atoms with van der Waals surface area (Å²) in [6, 6.07) is 10.0. The van der Waals surface area contributed by atoms with Crippen LogP contribution in [-0.2, 0) is 6.54 Å². The SMILES string of the molecule is CCOc1ccc(NCc2cc(F)cc(Cl)c2)cc1OC. The summed E-state index contributed by atoms with van der Waals surface area (Å²) in [5, 5.41) is 3.58. The van der Waals surface area contributed by atoms with E-state index in [2.05, 4.69) is 5.32 Å². The van der Waals surface area contributed by atoms with Crippen molar-refractivity contribution in [1.29, 1.82) is 0 Å². The molecule has 0 aliphatic rings. The molecule has 2 aromatic rings. The highest BCUT2D eigenvalue weighted by Gasteiger charge is 2.05. The van der Waals surface area contributed by atoms with Crippen LogP contribution in [0.1, 0.15) is 12.5 Å². The lowest BCUT2D eigenvalue weighted by atomic mass is 10.2. The minimum Gasteiger partial charge on any atom is -0.493 e. The second-order valence-corrected chi connectivity index (χ2v) is 4.87. The molecule has 112 valence electrons. The summed E-state index contributed by atoms with van der Waals surface area (Å²) < 4.78 is 24.0. The van der Waals surface area contributed by atoms with Crippen molar-refractivity contribution in [2.45, 2.75) is 13.5 Å². The molecule has 0 aromatic heterocycles. The van der Waals surface area contributed by atoms with Crippen molar-refractivity contribution in [2.24, 2.45) is 0 Å². The number of methoxy groups -OCH3 is 1. The fourth-order valence-electron chi connectivity index (χ4n) is 1.97. The predicted molar refractivity (Wildman–Crippen MR) is 82.9 cm³/mol. The third-order valence-corrected chi connectivity index (χ3v) is 3.10. The van der Waals surface area contributed by atoms with Crippen LogP contribution >= 0.6 is 11.6 Å². The van der Waals surface area contributed by atoms with Crippen molar-refractivity contribution < 1.29 is 13.9 Å². The van der Waals surface area contributed by atoms with Crippen LogP contribution in [0.5, 0.6) is 11.5 Å². The molecular weight excluding hydrogens is 293 g/mol. The first-order valence-electron chi connectivity index (χ1n) is 6.62. The first kappa shape index (κ1) is 15.4. The Bertz CT molecular complexity index is 599. The smallest absolute Gasteiger partial charge is 0.162 e. The van der Waals surface area contributed by atoms with Gasteiger partial charge in [-0.2, -0.15) is 0 Å². The fraction of sp³-hybridized carbons (Fsp3) is 0.250. The van der Waals surface area contributed by atoms with Gasteiger partial charge in [-0.25, -0.2) is 4.39 Å². The van der Waals surface area contributed by atoms with Crippen LogP contribution in [0.15, 0.2) is 36.4 Å². The number of hydrogen-bond acceptors (Lipinski definition) is 3. The van der Waals surface area contributed by atoms with Crippen molar-refractivity contribution in [3.63, 3.8) is 0 Å². The van der Waals surface area contributed by atoms with Crippen LogP contribution in [-0.4, -0.2) is 13.7 Å². The molecule has 0 heterocycles. The molecular formula is C16H17ClFNO2. The van der Waals surface area contributed by atoms with Gasteiger partial charge in [-0.3, -0.25) is 0 Å². The second-order valence-electron chi connectivity index (χ2n) is 4.43. The zero-order chi connectivity index (χ0) is 15.2. The average molecular weight is 310 g/mol. The van der Waals surface area contributed by atoms with Gasteiger partial charge < -0.3 is 14.8 Å². The van der Waals surface area contributed by atoms with Crippen molar-refractivity contribution in [3.05, 3.63) is 52.8 Å². The molecule has 0 fully saturated rings. The third-order valence-electron chi connectivity index (χ3n) is 2.88. The zero-order valence-corrected chi connectivity index (χ0v) is 12.7. The van der Waals surface area contributed by atoms with Gasteiger partial charge in [0.2, 0.25) is 0 Å². The Balaban J connectivity index is 2.09. The number of halogens is 2. The molecule has 0 aliphatic heterocycles. The van der Waals surface area contributed by atoms with Gasteiger partial charge in [-0.1, -0.05) is 11.6 Å². The molecule has 0 aliphatic carbocycles. The quantitative estimate of drug-likeness (QED) is 0.852. The molecule has 0 saturated carbocycles. The average Bonchev–Trinajstić information content (AvgIpc) is 2.45. The van der Waals surface area contributed by atoms with Crippen molar-refractivity contribution >= 4 is 17.3 Å². The molecule has 0 atom stereocenters. The van der Waals surface area contributed by atoms with Crippen LogP contribution in [0.2, 0.25) is 5.02 Å². The first-order chi connectivity index (χ1) is 10.1. The fourth-order valence-corrected chi connectivity index (χ4v) is 2.21. The molecule has 0 amide bonds. The Morgan fingerprint density at radius 2 is 1.95 bits per heavy atom. The largest absolute Gasteiger partial charge is 0.493 e. The van der Waals surface area contributed by atoms with Crippen LogP contribution in [0.4, 0.5) is 10.1 Å². The molecule has 0 unspecified atom stereocenters. The summed E-state index contributed by atoms with van der Waals surface area (Å²) in [6.07, 6.45) is 0. The summed E-state index contributed by atoms with van der Waals surface area (Å²) in [5.74, 6) is 1.00. The molecule has 0 bridgehead atoms. The summed E-state index contributed by atoms with van der Waals surface area (Å²) in [7, 11) is 1.59. The van der Waals surface area contributed by atoms with Crippen molar-refractivity contribution in [2.75, 3.05) is 19.0 Å². The van der Waals surface area contributed by atoms with Gasteiger partial charge in [0.1, 0.15) is 5.82 Å². The van der Waals surface area contributed by atoms with Crippen LogP contribution in [0, 0.1) is 5.82 Å². The maximum atomic E-state index is 13.3. The van der Waals surface area contributed by atoms with Crippen LogP contribution in [0.25, 0.3) is 0 Å². The Kier molecular flexibility index (Phi) is 5.28. The van der Waals surface area contributed by atoms with Crippen molar-refractivity contribution in [1.82, 2.24) is 0 Å². The minimum atomic E-state index is -0.344. The van der Waals surface area contributed by atoms with Crippen LogP contribution < -0.4 is 14.8 Å². The monoisotopic (exact) mass is 309 g/mol. The number of rotatable bonds is 6. The summed E-state index contributed by atoms with van der Waals surface area (Å²) >= 11 is 5.83. The molecule has 0 saturated heterocycles. The maximum absolute atomic E-state index is 13.3. The predicted octanol–water partition coefficient (Wildman–Crippen LogP) is 4.50. The van der Waals surface area contributed by atoms with Gasteiger partial charge in [0.05, 0.1) is 13.7 Å². The second kappa shape index (κ2) is 7.18. The molecule has 2 rings (SSSR count). The Labute approximate surface area is 128 Å². The van der Waals surface area contributed by atoms with E-state index in [1.165, 1.54) is 12.1 Å². The van der Waals surface area contributed by atoms with E-state index in [0.717, 1.165) is 11.3 Å². The van der Waals surface area contributed by atoms with Gasteiger partial charge in [0.15, 0.2) is 11.5 Å². The number of anilines is 1. The highest BCUT2D eigenvalue weighted by Crippen LogP contribution is 2.30. The van der Waals surface area contributed by atoms with Crippen LogP contribution in [0.3, 0.4) is 0 Å². The summed E-state index contributed by atoms with van der Waals surface area (Å²) in [5.41, 5.74) is 1.63. The van der Waals surface area contributed by atoms with Gasteiger partial charge in [-0.05, 0) is 42.8 Å². The lowest BCUT2D eigenvalue weighted by Crippen LogP contribution is -2.01. The zero-order valence-electron chi connectivity index (χ0n) is 12.0. The first-order valence-corrected chi connectivity index (χ1v) is 7.00. The number of ether oxygens (including phenoxy) is 2. The Hall–Kier alpha value is -1.94. The maximum Gasteiger partial charge on any atom is 0.162 e. The molecule has 1 N–H and O–H groups in total. The topological polar surface area (TPSA) is 30.5 Å². The van der Waals surface area contributed by atoms with E-state index in [9.17, 15) is 4.39 Å². The Morgan fingerprint density at radius 3 is 2.62 bits per heavy atom. The highest BCUT2D eigenvalue weighted by molar-refractivity contribution is 6.30. The summed E-state index contributed by atoms with van der Waals surface area (Å²) in [4.78, 5) is 0. The minimum absolute atomic E-state index is 0.344. The standard InChI is InChI=1S/C16H17ClFNO2/c1-3-21-15-5-4-14(9-16(15)20-2)19-10-11-6-12(17)8-13(18)7-11/h4-9,19H,3,10H2,1-2H3. The highest BCUT2D eigenvalue weighted by atomic mass is 35.5. The molecule has 3 nitrogen and oxygen atoms in total. The van der Waals surface area contributed by atoms with E-state index in [0.29, 0.717) is 29.7 Å². The van der Waals surface area contributed by atoms with E-state index < -0.39 is 0 Å². The normalized spacial score (nSPS) is 10.3. The molecule has 5 heteroatoms. The lowest BCUT2D eigenvalue weighted by molar-refractivity contribution is 0.311. The number of hydrogen-bond donors (Lipinski definition) is 1.